The van der Waals surface area contributed by atoms with Gasteiger partial charge in [0.25, 0.3) is 0 Å². The second-order valence-electron chi connectivity index (χ2n) is 13.2. The average molecular weight is 623 g/mol. The molecule has 7 aromatic carbocycles. The molecule has 0 spiro atoms. The van der Waals surface area contributed by atoms with Crippen LogP contribution in [0.5, 0.6) is 0 Å². The molecule has 49 heavy (non-hydrogen) atoms. The predicted octanol–water partition coefficient (Wildman–Crippen LogP) is 11.6. The number of nitrogens with zero attached hydrogens (tertiary/aromatic N) is 4. The van der Waals surface area contributed by atoms with E-state index in [-0.39, 0.29) is 0 Å². The monoisotopic (exact) mass is 622 g/mol. The number of hydrogen-bond acceptors (Lipinski definition) is 1. The van der Waals surface area contributed by atoms with Crippen molar-refractivity contribution in [3.63, 3.8) is 0 Å². The lowest BCUT2D eigenvalue weighted by Crippen LogP contribution is -1.97. The van der Waals surface area contributed by atoms with Crippen molar-refractivity contribution in [2.75, 3.05) is 0 Å². The van der Waals surface area contributed by atoms with Gasteiger partial charge in [-0.3, -0.25) is 4.98 Å². The maximum Gasteiger partial charge on any atom is 0.0724 e. The topological polar surface area (TPSA) is 27.2 Å². The summed E-state index contributed by atoms with van der Waals surface area (Å²) < 4.78 is 7.30. The van der Waals surface area contributed by atoms with Crippen LogP contribution in [0.3, 0.4) is 0 Å². The molecule has 0 unspecified atom stereocenters. The van der Waals surface area contributed by atoms with Gasteiger partial charge in [-0.2, -0.15) is 0 Å². The Balaban J connectivity index is 1.21. The van der Waals surface area contributed by atoms with Gasteiger partial charge in [0, 0.05) is 60.7 Å². The molecular formula is C45H26N4. The zero-order chi connectivity index (χ0) is 31.8. The van der Waals surface area contributed by atoms with Crippen molar-refractivity contribution in [1.29, 1.82) is 0 Å². The molecule has 0 fully saturated rings. The van der Waals surface area contributed by atoms with E-state index >= 15 is 0 Å². The lowest BCUT2D eigenvalue weighted by Gasteiger charge is -2.12. The molecule has 0 saturated carbocycles. The number of aromatic nitrogens is 4. The zero-order valence-corrected chi connectivity index (χ0v) is 26.3. The Labute approximate surface area is 279 Å². The predicted molar refractivity (Wildman–Crippen MR) is 205 cm³/mol. The maximum atomic E-state index is 4.49. The molecule has 12 rings (SSSR count). The van der Waals surface area contributed by atoms with Gasteiger partial charge in [-0.1, -0.05) is 84.9 Å². The molecule has 12 aromatic rings. The first kappa shape index (κ1) is 25.4. The minimum absolute atomic E-state index is 1.11. The Bertz CT molecular complexity index is 3270. The SMILES string of the molecule is c1ccc2c(c1)ccc1c2c2c3c4ccccc4n(-c4ccc(-n5c6ccccc6c6ccncc65)cc4)c3cc3c4ccccc4n1c32. The Morgan fingerprint density at radius 1 is 0.367 bits per heavy atom. The van der Waals surface area contributed by atoms with E-state index in [2.05, 4.69) is 164 Å². The minimum Gasteiger partial charge on any atom is -0.309 e. The Morgan fingerprint density at radius 3 is 1.71 bits per heavy atom. The molecule has 226 valence electrons. The van der Waals surface area contributed by atoms with Gasteiger partial charge in [0.05, 0.1) is 44.8 Å². The number of benzene rings is 7. The summed E-state index contributed by atoms with van der Waals surface area (Å²) in [7, 11) is 0. The van der Waals surface area contributed by atoms with E-state index in [9.17, 15) is 0 Å². The van der Waals surface area contributed by atoms with Crippen LogP contribution in [0.2, 0.25) is 0 Å². The van der Waals surface area contributed by atoms with Gasteiger partial charge in [-0.25, -0.2) is 0 Å². The van der Waals surface area contributed by atoms with Gasteiger partial charge in [0.1, 0.15) is 0 Å². The van der Waals surface area contributed by atoms with Gasteiger partial charge in [-0.05, 0) is 71.4 Å². The van der Waals surface area contributed by atoms with Gasteiger partial charge in [0.2, 0.25) is 0 Å². The van der Waals surface area contributed by atoms with Crippen LogP contribution in [0.25, 0.3) is 104 Å². The second kappa shape index (κ2) is 9.03. The lowest BCUT2D eigenvalue weighted by atomic mass is 9.98. The van der Waals surface area contributed by atoms with Crippen LogP contribution in [0.4, 0.5) is 0 Å². The molecular weight excluding hydrogens is 597 g/mol. The second-order valence-corrected chi connectivity index (χ2v) is 13.2. The van der Waals surface area contributed by atoms with Crippen LogP contribution in [0.1, 0.15) is 0 Å². The molecule has 0 atom stereocenters. The van der Waals surface area contributed by atoms with Crippen molar-refractivity contribution in [1.82, 2.24) is 18.5 Å². The average Bonchev–Trinajstić information content (AvgIpc) is 3.89. The van der Waals surface area contributed by atoms with Crippen LogP contribution >= 0.6 is 0 Å². The molecule has 0 N–H and O–H groups in total. The highest BCUT2D eigenvalue weighted by Gasteiger charge is 2.25. The lowest BCUT2D eigenvalue weighted by molar-refractivity contribution is 1.14. The van der Waals surface area contributed by atoms with Crippen molar-refractivity contribution < 1.29 is 0 Å². The van der Waals surface area contributed by atoms with E-state index in [4.69, 9.17) is 0 Å². The van der Waals surface area contributed by atoms with Gasteiger partial charge in [-0.15, -0.1) is 0 Å². The van der Waals surface area contributed by atoms with E-state index < -0.39 is 0 Å². The smallest absolute Gasteiger partial charge is 0.0724 e. The Kier molecular flexibility index (Phi) is 4.69. The summed E-state index contributed by atoms with van der Waals surface area (Å²) in [6.45, 7) is 0. The summed E-state index contributed by atoms with van der Waals surface area (Å²) in [6.07, 6.45) is 3.85. The van der Waals surface area contributed by atoms with E-state index in [1.807, 2.05) is 12.4 Å². The molecule has 0 aliphatic carbocycles. The highest BCUT2D eigenvalue weighted by molar-refractivity contribution is 6.38. The molecule has 0 amide bonds. The summed E-state index contributed by atoms with van der Waals surface area (Å²) in [5, 5.41) is 12.8. The third-order valence-electron chi connectivity index (χ3n) is 10.8. The van der Waals surface area contributed by atoms with Gasteiger partial charge >= 0.3 is 0 Å². The summed E-state index contributed by atoms with van der Waals surface area (Å²) >= 11 is 0. The molecule has 4 nitrogen and oxygen atoms in total. The molecule has 0 aliphatic heterocycles. The summed E-state index contributed by atoms with van der Waals surface area (Å²) in [6, 6.07) is 53.4. The molecule has 0 bridgehead atoms. The summed E-state index contributed by atoms with van der Waals surface area (Å²) in [5.41, 5.74) is 10.8. The van der Waals surface area contributed by atoms with Crippen molar-refractivity contribution in [2.24, 2.45) is 0 Å². The molecule has 0 saturated heterocycles. The first-order chi connectivity index (χ1) is 24.3. The molecule has 5 aromatic heterocycles. The van der Waals surface area contributed by atoms with Gasteiger partial charge < -0.3 is 13.5 Å². The highest BCUT2D eigenvalue weighted by Crippen LogP contribution is 2.48. The first-order valence-corrected chi connectivity index (χ1v) is 16.8. The fraction of sp³-hybridized carbons (Fsp3) is 0. The van der Waals surface area contributed by atoms with Crippen LogP contribution in [0.15, 0.2) is 158 Å². The van der Waals surface area contributed by atoms with Crippen molar-refractivity contribution in [3.05, 3.63) is 158 Å². The third-order valence-corrected chi connectivity index (χ3v) is 10.8. The standard InChI is InChI=1S/C45H26N4/c1-2-10-30-27(9-1)17-22-39-42(30)44-43-34-13-5-8-16-38(34)47(40(43)25-35-32-12-4-7-15-37(32)49(39)45(35)44)28-18-20-29(21-19-28)48-36-14-6-3-11-31(36)33-23-24-46-26-41(33)48/h1-26H. The molecule has 4 heteroatoms. The highest BCUT2D eigenvalue weighted by atomic mass is 15.0. The van der Waals surface area contributed by atoms with Crippen molar-refractivity contribution in [2.45, 2.75) is 0 Å². The number of para-hydroxylation sites is 3. The summed E-state index contributed by atoms with van der Waals surface area (Å²) in [4.78, 5) is 4.49. The molecule has 0 radical (unpaired) electrons. The third kappa shape index (κ3) is 3.12. The summed E-state index contributed by atoms with van der Waals surface area (Å²) in [5.74, 6) is 0. The Hall–Kier alpha value is -6.65. The Morgan fingerprint density at radius 2 is 0.939 bits per heavy atom. The normalized spacial score (nSPS) is 12.5. The van der Waals surface area contributed by atoms with Crippen molar-refractivity contribution >= 4 is 92.5 Å². The number of fused-ring (bicyclic) bond motifs is 15. The fourth-order valence-electron chi connectivity index (χ4n) is 8.90. The number of pyridine rings is 1. The van der Waals surface area contributed by atoms with E-state index in [0.29, 0.717) is 0 Å². The molecule has 5 heterocycles. The number of rotatable bonds is 2. The van der Waals surface area contributed by atoms with E-state index in [1.165, 1.54) is 87.0 Å². The van der Waals surface area contributed by atoms with Crippen molar-refractivity contribution in [3.8, 4) is 11.4 Å². The van der Waals surface area contributed by atoms with Crippen LogP contribution < -0.4 is 0 Å². The zero-order valence-electron chi connectivity index (χ0n) is 26.3. The van der Waals surface area contributed by atoms with Crippen LogP contribution in [0, 0.1) is 0 Å². The van der Waals surface area contributed by atoms with Crippen LogP contribution in [-0.2, 0) is 0 Å². The maximum absolute atomic E-state index is 4.49. The fourth-order valence-corrected chi connectivity index (χ4v) is 8.90. The largest absolute Gasteiger partial charge is 0.309 e. The first-order valence-electron chi connectivity index (χ1n) is 16.8. The molecule has 0 aliphatic rings. The van der Waals surface area contributed by atoms with E-state index in [0.717, 1.165) is 16.9 Å². The van der Waals surface area contributed by atoms with Crippen LogP contribution in [-0.4, -0.2) is 18.5 Å². The van der Waals surface area contributed by atoms with Gasteiger partial charge in [0.15, 0.2) is 0 Å². The number of hydrogen-bond donors (Lipinski definition) is 0. The quantitative estimate of drug-likeness (QED) is 0.188. The minimum atomic E-state index is 1.11. The van der Waals surface area contributed by atoms with E-state index in [1.54, 1.807) is 0 Å².